The normalized spacial score (nSPS) is 13.4. The summed E-state index contributed by atoms with van der Waals surface area (Å²) in [5, 5.41) is 16.1. The van der Waals surface area contributed by atoms with E-state index >= 15 is 0 Å². The van der Waals surface area contributed by atoms with Crippen molar-refractivity contribution in [1.29, 1.82) is 0 Å². The van der Waals surface area contributed by atoms with Crippen molar-refractivity contribution in [3.05, 3.63) is 77.6 Å². The number of aliphatic carboxylic acids is 1. The van der Waals surface area contributed by atoms with Gasteiger partial charge in [-0.2, -0.15) is 5.10 Å². The van der Waals surface area contributed by atoms with Gasteiger partial charge < -0.3 is 15.2 Å². The van der Waals surface area contributed by atoms with E-state index < -0.39 is 18.0 Å². The Bertz CT molecular complexity index is 1030. The summed E-state index contributed by atoms with van der Waals surface area (Å²) in [6.45, 7) is 0.182. The molecule has 0 bridgehead atoms. The lowest BCUT2D eigenvalue weighted by Gasteiger charge is -2.16. The molecule has 0 saturated heterocycles. The van der Waals surface area contributed by atoms with Crippen LogP contribution in [0.15, 0.2) is 60.9 Å². The molecule has 30 heavy (non-hydrogen) atoms. The molecule has 0 spiro atoms. The molecule has 1 amide bonds. The highest BCUT2D eigenvalue weighted by molar-refractivity contribution is 5.79. The zero-order valence-electron chi connectivity index (χ0n) is 16.6. The Hall–Kier alpha value is -3.61. The van der Waals surface area contributed by atoms with Crippen LogP contribution in [-0.4, -0.2) is 40.1 Å². The molecular weight excluding hydrogens is 382 g/mol. The van der Waals surface area contributed by atoms with E-state index in [4.69, 9.17) is 4.74 Å². The number of fused-ring (bicyclic) bond motifs is 3. The Balaban J connectivity index is 1.36. The molecule has 1 aliphatic rings. The number of carboxylic acid groups (broad SMARTS) is 1. The van der Waals surface area contributed by atoms with Crippen molar-refractivity contribution in [1.82, 2.24) is 15.1 Å². The second kappa shape index (κ2) is 8.41. The first-order valence-corrected chi connectivity index (χ1v) is 9.82. The van der Waals surface area contributed by atoms with Gasteiger partial charge in [-0.25, -0.2) is 4.79 Å². The van der Waals surface area contributed by atoms with Crippen molar-refractivity contribution in [3.63, 3.8) is 0 Å². The molecule has 0 aliphatic heterocycles. The predicted octanol–water partition coefficient (Wildman–Crippen LogP) is 3.20. The van der Waals surface area contributed by atoms with Crippen LogP contribution in [0.2, 0.25) is 0 Å². The summed E-state index contributed by atoms with van der Waals surface area (Å²) < 4.78 is 7.08. The van der Waals surface area contributed by atoms with Gasteiger partial charge >= 0.3 is 12.1 Å². The molecule has 2 N–H and O–H groups in total. The minimum Gasteiger partial charge on any atom is -0.481 e. The first kappa shape index (κ1) is 19.7. The van der Waals surface area contributed by atoms with Crippen molar-refractivity contribution in [2.75, 3.05) is 13.2 Å². The lowest BCUT2D eigenvalue weighted by Crippen LogP contribution is -2.35. The van der Waals surface area contributed by atoms with Gasteiger partial charge in [0.2, 0.25) is 0 Å². The van der Waals surface area contributed by atoms with E-state index in [0.29, 0.717) is 0 Å². The molecule has 2 aromatic carbocycles. The summed E-state index contributed by atoms with van der Waals surface area (Å²) in [6.07, 6.45) is 3.06. The number of aryl methyl sites for hydroxylation is 1. The summed E-state index contributed by atoms with van der Waals surface area (Å²) in [5.41, 5.74) is 5.38. The molecule has 0 unspecified atom stereocenters. The smallest absolute Gasteiger partial charge is 0.407 e. The van der Waals surface area contributed by atoms with Gasteiger partial charge in [0.15, 0.2) is 0 Å². The Morgan fingerprint density at radius 1 is 1.13 bits per heavy atom. The van der Waals surface area contributed by atoms with Gasteiger partial charge in [-0.3, -0.25) is 9.48 Å². The molecule has 3 aromatic rings. The minimum atomic E-state index is -0.974. The van der Waals surface area contributed by atoms with Crippen LogP contribution in [0, 0.1) is 5.92 Å². The fraction of sp³-hybridized carbons (Fsp3) is 0.261. The lowest BCUT2D eigenvalue weighted by atomic mass is 9.98. The number of ether oxygens (including phenoxy) is 1. The van der Waals surface area contributed by atoms with Crippen LogP contribution in [0.3, 0.4) is 0 Å². The van der Waals surface area contributed by atoms with Crippen molar-refractivity contribution >= 4 is 12.1 Å². The van der Waals surface area contributed by atoms with Crippen molar-refractivity contribution in [2.24, 2.45) is 13.0 Å². The monoisotopic (exact) mass is 405 g/mol. The number of amides is 1. The molecule has 7 nitrogen and oxygen atoms in total. The van der Waals surface area contributed by atoms with Crippen LogP contribution in [0.4, 0.5) is 4.79 Å². The van der Waals surface area contributed by atoms with Crippen molar-refractivity contribution in [2.45, 2.75) is 12.3 Å². The minimum absolute atomic E-state index is 0.0130. The van der Waals surface area contributed by atoms with Gasteiger partial charge in [-0.15, -0.1) is 0 Å². The van der Waals surface area contributed by atoms with Crippen molar-refractivity contribution < 1.29 is 19.4 Å². The maximum Gasteiger partial charge on any atom is 0.407 e. The highest BCUT2D eigenvalue weighted by Crippen LogP contribution is 2.44. The van der Waals surface area contributed by atoms with Gasteiger partial charge in [0.25, 0.3) is 0 Å². The van der Waals surface area contributed by atoms with E-state index in [2.05, 4.69) is 34.7 Å². The molecule has 0 saturated carbocycles. The van der Waals surface area contributed by atoms with E-state index in [1.54, 1.807) is 24.1 Å². The van der Waals surface area contributed by atoms with Gasteiger partial charge in [0.1, 0.15) is 6.61 Å². The standard InChI is InChI=1S/C23H23N3O4/c1-26-13-15(11-25-26)10-16(22(27)28)12-24-23(29)30-14-21-19-8-4-2-6-17(19)18-7-3-5-9-20(18)21/h2-9,11,13,16,21H,10,12,14H2,1H3,(H,24,29)(H,27,28)/t16-/m0/s1. The molecule has 7 heteroatoms. The third-order valence-electron chi connectivity index (χ3n) is 5.43. The molecule has 1 atom stereocenters. The van der Waals surface area contributed by atoms with Crippen LogP contribution in [-0.2, 0) is 23.0 Å². The van der Waals surface area contributed by atoms with E-state index in [1.807, 2.05) is 24.3 Å². The van der Waals surface area contributed by atoms with E-state index in [1.165, 1.54) is 0 Å². The number of carbonyl (C=O) groups excluding carboxylic acids is 1. The number of nitrogens with zero attached hydrogens (tertiary/aromatic N) is 2. The van der Waals surface area contributed by atoms with Gasteiger partial charge in [-0.1, -0.05) is 48.5 Å². The second-order valence-corrected chi connectivity index (χ2v) is 7.47. The quantitative estimate of drug-likeness (QED) is 0.630. The van der Waals surface area contributed by atoms with Crippen LogP contribution in [0.5, 0.6) is 0 Å². The lowest BCUT2D eigenvalue weighted by molar-refractivity contribution is -0.141. The molecule has 1 heterocycles. The number of aromatic nitrogens is 2. The SMILES string of the molecule is Cn1cc(C[C@@H](CNC(=O)OCC2c3ccccc3-c3ccccc32)C(=O)O)cn1. The zero-order chi connectivity index (χ0) is 21.1. The van der Waals surface area contributed by atoms with Crippen LogP contribution < -0.4 is 5.32 Å². The number of rotatable bonds is 7. The Labute approximate surface area is 174 Å². The van der Waals surface area contributed by atoms with Gasteiger partial charge in [0, 0.05) is 25.7 Å². The topological polar surface area (TPSA) is 93.5 Å². The third kappa shape index (κ3) is 4.05. The number of carboxylic acids is 1. The number of alkyl carbamates (subject to hydrolysis) is 1. The first-order chi connectivity index (χ1) is 14.5. The van der Waals surface area contributed by atoms with E-state index in [0.717, 1.165) is 27.8 Å². The summed E-state index contributed by atoms with van der Waals surface area (Å²) in [6, 6.07) is 16.2. The van der Waals surface area contributed by atoms with Crippen molar-refractivity contribution in [3.8, 4) is 11.1 Å². The highest BCUT2D eigenvalue weighted by atomic mass is 16.5. The average Bonchev–Trinajstić information content (AvgIpc) is 3.30. The second-order valence-electron chi connectivity index (χ2n) is 7.47. The van der Waals surface area contributed by atoms with E-state index in [9.17, 15) is 14.7 Å². The summed E-state index contributed by atoms with van der Waals surface area (Å²) in [7, 11) is 1.77. The number of hydrogen-bond acceptors (Lipinski definition) is 4. The van der Waals surface area contributed by atoms with Crippen LogP contribution in [0.25, 0.3) is 11.1 Å². The number of carbonyl (C=O) groups is 2. The molecule has 1 aromatic heterocycles. The Morgan fingerprint density at radius 3 is 2.33 bits per heavy atom. The molecule has 154 valence electrons. The summed E-state index contributed by atoms with van der Waals surface area (Å²) in [4.78, 5) is 23.8. The molecule has 0 fully saturated rings. The molecular formula is C23H23N3O4. The van der Waals surface area contributed by atoms with Crippen LogP contribution in [0.1, 0.15) is 22.6 Å². The maximum atomic E-state index is 12.3. The summed E-state index contributed by atoms with van der Waals surface area (Å²) in [5.74, 6) is -1.76. The first-order valence-electron chi connectivity index (χ1n) is 9.82. The van der Waals surface area contributed by atoms with Gasteiger partial charge in [-0.05, 0) is 34.2 Å². The number of nitrogens with one attached hydrogen (secondary N) is 1. The fourth-order valence-corrected chi connectivity index (χ4v) is 3.96. The predicted molar refractivity (Wildman–Crippen MR) is 111 cm³/mol. The highest BCUT2D eigenvalue weighted by Gasteiger charge is 2.29. The molecule has 4 rings (SSSR count). The molecule has 0 radical (unpaired) electrons. The third-order valence-corrected chi connectivity index (χ3v) is 5.43. The van der Waals surface area contributed by atoms with Crippen LogP contribution >= 0.6 is 0 Å². The number of benzene rings is 2. The molecule has 1 aliphatic carbocycles. The maximum absolute atomic E-state index is 12.3. The Morgan fingerprint density at radius 2 is 1.77 bits per heavy atom. The summed E-state index contributed by atoms with van der Waals surface area (Å²) >= 11 is 0. The Kier molecular flexibility index (Phi) is 5.52. The fourth-order valence-electron chi connectivity index (χ4n) is 3.96. The zero-order valence-corrected chi connectivity index (χ0v) is 16.6. The average molecular weight is 405 g/mol. The van der Waals surface area contributed by atoms with Gasteiger partial charge in [0.05, 0.1) is 12.1 Å². The van der Waals surface area contributed by atoms with E-state index in [-0.39, 0.29) is 25.5 Å². The number of hydrogen-bond donors (Lipinski definition) is 2. The largest absolute Gasteiger partial charge is 0.481 e.